The molecule has 122 valence electrons. The highest BCUT2D eigenvalue weighted by Crippen LogP contribution is 2.19. The van der Waals surface area contributed by atoms with Gasteiger partial charge in [0.25, 0.3) is 5.91 Å². The number of esters is 1. The van der Waals surface area contributed by atoms with E-state index in [9.17, 15) is 14.0 Å². The molecule has 0 saturated carbocycles. The molecule has 0 fully saturated rings. The number of aryl methyl sites for hydroxylation is 1. The fourth-order valence-corrected chi connectivity index (χ4v) is 2.14. The topological polar surface area (TPSA) is 79.2 Å². The first-order valence-corrected chi connectivity index (χ1v) is 7.21. The third kappa shape index (κ3) is 4.31. The summed E-state index contributed by atoms with van der Waals surface area (Å²) in [5, 5.41) is 11.8. The van der Waals surface area contributed by atoms with Gasteiger partial charge in [-0.15, -0.1) is 0 Å². The summed E-state index contributed by atoms with van der Waals surface area (Å²) < 4.78 is 18.5. The standard InChI is InChI=1S/C17H12ClFN2O3/c1-10-6-12(18)3-5-15(10)21-16(22)9-24-17(23)13-4-2-11(8-20)7-14(13)19/h2-7H,9H2,1H3,(H,21,22). The molecule has 0 atom stereocenters. The van der Waals surface area contributed by atoms with Crippen molar-refractivity contribution in [1.82, 2.24) is 0 Å². The molecular weight excluding hydrogens is 335 g/mol. The van der Waals surface area contributed by atoms with E-state index in [1.54, 1.807) is 31.2 Å². The number of nitrogens with zero attached hydrogens (tertiary/aromatic N) is 1. The van der Waals surface area contributed by atoms with Crippen LogP contribution in [0.4, 0.5) is 10.1 Å². The molecule has 0 aromatic heterocycles. The molecule has 2 aromatic carbocycles. The minimum absolute atomic E-state index is 0.0833. The van der Waals surface area contributed by atoms with Crippen LogP contribution in [-0.2, 0) is 9.53 Å². The SMILES string of the molecule is Cc1cc(Cl)ccc1NC(=O)COC(=O)c1ccc(C#N)cc1F. The maximum Gasteiger partial charge on any atom is 0.341 e. The molecule has 0 heterocycles. The second-order valence-corrected chi connectivity index (χ2v) is 5.33. The maximum atomic E-state index is 13.7. The average Bonchev–Trinajstić information content (AvgIpc) is 2.55. The van der Waals surface area contributed by atoms with Gasteiger partial charge in [-0.05, 0) is 48.9 Å². The lowest BCUT2D eigenvalue weighted by Gasteiger charge is -2.09. The molecule has 0 aliphatic carbocycles. The van der Waals surface area contributed by atoms with E-state index in [2.05, 4.69) is 5.32 Å². The number of nitrogens with one attached hydrogen (secondary N) is 1. The third-order valence-electron chi connectivity index (χ3n) is 3.11. The second kappa shape index (κ2) is 7.57. The molecule has 0 aliphatic rings. The molecule has 5 nitrogen and oxygen atoms in total. The Bertz CT molecular complexity index is 846. The van der Waals surface area contributed by atoms with Crippen LogP contribution >= 0.6 is 11.6 Å². The van der Waals surface area contributed by atoms with Crippen LogP contribution in [0, 0.1) is 24.1 Å². The number of hydrogen-bond acceptors (Lipinski definition) is 4. The molecule has 7 heteroatoms. The van der Waals surface area contributed by atoms with Gasteiger partial charge in [0, 0.05) is 10.7 Å². The molecule has 0 unspecified atom stereocenters. The lowest BCUT2D eigenvalue weighted by molar-refractivity contribution is -0.119. The molecule has 0 aliphatic heterocycles. The Morgan fingerprint density at radius 3 is 2.67 bits per heavy atom. The smallest absolute Gasteiger partial charge is 0.341 e. The quantitative estimate of drug-likeness (QED) is 0.860. The molecule has 2 aromatic rings. The van der Waals surface area contributed by atoms with Crippen LogP contribution in [0.25, 0.3) is 0 Å². The maximum absolute atomic E-state index is 13.7. The summed E-state index contributed by atoms with van der Waals surface area (Å²) >= 11 is 5.82. The van der Waals surface area contributed by atoms with Gasteiger partial charge in [0.05, 0.1) is 17.2 Å². The Morgan fingerprint density at radius 2 is 2.04 bits per heavy atom. The van der Waals surface area contributed by atoms with Gasteiger partial charge in [0.1, 0.15) is 5.82 Å². The van der Waals surface area contributed by atoms with E-state index in [0.29, 0.717) is 10.7 Å². The van der Waals surface area contributed by atoms with Crippen molar-refractivity contribution in [1.29, 1.82) is 5.26 Å². The summed E-state index contributed by atoms with van der Waals surface area (Å²) in [6.07, 6.45) is 0. The van der Waals surface area contributed by atoms with Crippen molar-refractivity contribution in [2.24, 2.45) is 0 Å². The van der Waals surface area contributed by atoms with Gasteiger partial charge < -0.3 is 10.1 Å². The fraction of sp³-hybridized carbons (Fsp3) is 0.118. The fourth-order valence-electron chi connectivity index (χ4n) is 1.91. The van der Waals surface area contributed by atoms with Gasteiger partial charge in [-0.3, -0.25) is 4.79 Å². The largest absolute Gasteiger partial charge is 0.452 e. The molecule has 0 radical (unpaired) electrons. The first kappa shape index (κ1) is 17.4. The third-order valence-corrected chi connectivity index (χ3v) is 3.35. The average molecular weight is 347 g/mol. The van der Waals surface area contributed by atoms with Gasteiger partial charge in [0.2, 0.25) is 0 Å². The second-order valence-electron chi connectivity index (χ2n) is 4.89. The van der Waals surface area contributed by atoms with Crippen LogP contribution in [-0.4, -0.2) is 18.5 Å². The summed E-state index contributed by atoms with van der Waals surface area (Å²) in [5.41, 5.74) is 1.02. The summed E-state index contributed by atoms with van der Waals surface area (Å²) in [6, 6.07) is 10.0. The van der Waals surface area contributed by atoms with Gasteiger partial charge in [-0.25, -0.2) is 9.18 Å². The van der Waals surface area contributed by atoms with Crippen molar-refractivity contribution in [3.05, 3.63) is 63.9 Å². The number of hydrogen-bond donors (Lipinski definition) is 1. The van der Waals surface area contributed by atoms with Crippen molar-refractivity contribution in [3.63, 3.8) is 0 Å². The molecule has 1 amide bonds. The van der Waals surface area contributed by atoms with Crippen LogP contribution in [0.2, 0.25) is 5.02 Å². The number of halogens is 2. The van der Waals surface area contributed by atoms with Gasteiger partial charge in [-0.2, -0.15) is 5.26 Å². The van der Waals surface area contributed by atoms with E-state index in [0.717, 1.165) is 17.7 Å². The number of benzene rings is 2. The molecule has 0 saturated heterocycles. The summed E-state index contributed by atoms with van der Waals surface area (Å²) in [4.78, 5) is 23.6. The Hall–Kier alpha value is -2.91. The highest BCUT2D eigenvalue weighted by atomic mass is 35.5. The van der Waals surface area contributed by atoms with Gasteiger partial charge in [-0.1, -0.05) is 11.6 Å². The number of rotatable bonds is 4. The first-order chi connectivity index (χ1) is 11.4. The van der Waals surface area contributed by atoms with E-state index in [-0.39, 0.29) is 11.1 Å². The van der Waals surface area contributed by atoms with Gasteiger partial charge >= 0.3 is 5.97 Å². The van der Waals surface area contributed by atoms with E-state index in [1.807, 2.05) is 0 Å². The summed E-state index contributed by atoms with van der Waals surface area (Å²) in [7, 11) is 0. The lowest BCUT2D eigenvalue weighted by Crippen LogP contribution is -2.21. The normalized spacial score (nSPS) is 9.92. The van der Waals surface area contributed by atoms with E-state index in [1.165, 1.54) is 6.07 Å². The van der Waals surface area contributed by atoms with E-state index in [4.69, 9.17) is 21.6 Å². The Balaban J connectivity index is 1.96. The van der Waals surface area contributed by atoms with Crippen molar-refractivity contribution in [2.45, 2.75) is 6.92 Å². The van der Waals surface area contributed by atoms with E-state index < -0.39 is 24.3 Å². The number of ether oxygens (including phenoxy) is 1. The zero-order valence-corrected chi connectivity index (χ0v) is 13.4. The zero-order valence-electron chi connectivity index (χ0n) is 12.6. The summed E-state index contributed by atoms with van der Waals surface area (Å²) in [5.74, 6) is -2.43. The van der Waals surface area contributed by atoms with Gasteiger partial charge in [0.15, 0.2) is 6.61 Å². The predicted octanol–water partition coefficient (Wildman–Crippen LogP) is 3.45. The van der Waals surface area contributed by atoms with Crippen molar-refractivity contribution in [2.75, 3.05) is 11.9 Å². The molecular formula is C17H12ClFN2O3. The number of amides is 1. The van der Waals surface area contributed by atoms with Crippen LogP contribution in [0.1, 0.15) is 21.5 Å². The first-order valence-electron chi connectivity index (χ1n) is 6.83. The molecule has 2 rings (SSSR count). The Kier molecular flexibility index (Phi) is 5.51. The van der Waals surface area contributed by atoms with Crippen molar-refractivity contribution < 1.29 is 18.7 Å². The predicted molar refractivity (Wildman–Crippen MR) is 86.2 cm³/mol. The number of nitriles is 1. The van der Waals surface area contributed by atoms with Crippen LogP contribution < -0.4 is 5.32 Å². The molecule has 1 N–H and O–H groups in total. The summed E-state index contributed by atoms with van der Waals surface area (Å²) in [6.45, 7) is 1.19. The monoisotopic (exact) mass is 346 g/mol. The Labute approximate surface area is 142 Å². The number of anilines is 1. The molecule has 0 bridgehead atoms. The van der Waals surface area contributed by atoms with Crippen molar-refractivity contribution >= 4 is 29.2 Å². The highest BCUT2D eigenvalue weighted by molar-refractivity contribution is 6.30. The number of carbonyl (C=O) groups excluding carboxylic acids is 2. The number of carbonyl (C=O) groups is 2. The van der Waals surface area contributed by atoms with Crippen LogP contribution in [0.3, 0.4) is 0 Å². The highest BCUT2D eigenvalue weighted by Gasteiger charge is 2.15. The molecule has 24 heavy (non-hydrogen) atoms. The van der Waals surface area contributed by atoms with Crippen LogP contribution in [0.5, 0.6) is 0 Å². The minimum Gasteiger partial charge on any atom is -0.452 e. The minimum atomic E-state index is -0.986. The molecule has 0 spiro atoms. The lowest BCUT2D eigenvalue weighted by atomic mass is 10.1. The zero-order chi connectivity index (χ0) is 17.7. The Morgan fingerprint density at radius 1 is 1.29 bits per heavy atom. The van der Waals surface area contributed by atoms with E-state index >= 15 is 0 Å². The van der Waals surface area contributed by atoms with Crippen LogP contribution in [0.15, 0.2) is 36.4 Å². The van der Waals surface area contributed by atoms with Crippen molar-refractivity contribution in [3.8, 4) is 6.07 Å².